The quantitative estimate of drug-likeness (QED) is 0.599. The molecule has 17 heavy (non-hydrogen) atoms. The van der Waals surface area contributed by atoms with Crippen LogP contribution >= 0.6 is 0 Å². The lowest BCUT2D eigenvalue weighted by Gasteiger charge is -2.14. The van der Waals surface area contributed by atoms with E-state index in [1.54, 1.807) is 0 Å². The van der Waals surface area contributed by atoms with Crippen LogP contribution in [0, 0.1) is 12.7 Å². The van der Waals surface area contributed by atoms with Crippen molar-refractivity contribution in [2.24, 2.45) is 0 Å². The molecule has 90 valence electrons. The lowest BCUT2D eigenvalue weighted by molar-refractivity contribution is 0.399. The second-order valence-electron chi connectivity index (χ2n) is 3.58. The molecule has 1 heterocycles. The minimum Gasteiger partial charge on any atom is -0.445 e. The molecule has 2 nitrogen and oxygen atoms in total. The molecule has 0 aliphatic carbocycles. The number of aromatic nitrogens is 1. The molecule has 0 amide bonds. The van der Waals surface area contributed by atoms with E-state index >= 15 is 0 Å². The molecule has 1 aromatic heterocycles. The summed E-state index contributed by atoms with van der Waals surface area (Å²) in [5.74, 6) is -0.801. The van der Waals surface area contributed by atoms with Gasteiger partial charge in [-0.25, -0.2) is 4.39 Å². The van der Waals surface area contributed by atoms with Crippen molar-refractivity contribution in [2.75, 3.05) is 0 Å². The van der Waals surface area contributed by atoms with Crippen LogP contribution in [0.3, 0.4) is 0 Å². The highest BCUT2D eigenvalue weighted by Crippen LogP contribution is 2.23. The van der Waals surface area contributed by atoms with Crippen LogP contribution in [0.5, 0.6) is 0 Å². The number of rotatable bonds is 2. The summed E-state index contributed by atoms with van der Waals surface area (Å²) in [6, 6.07) is 4.62. The van der Waals surface area contributed by atoms with Gasteiger partial charge in [0.25, 0.3) is 0 Å². The lowest BCUT2D eigenvalue weighted by Crippen LogP contribution is -2.36. The van der Waals surface area contributed by atoms with Crippen molar-refractivity contribution < 1.29 is 21.9 Å². The number of benzene rings is 1. The van der Waals surface area contributed by atoms with E-state index in [0.29, 0.717) is 0 Å². The fourth-order valence-corrected chi connectivity index (χ4v) is 1.58. The lowest BCUT2D eigenvalue weighted by atomic mass is 9.77. The van der Waals surface area contributed by atoms with E-state index in [9.17, 15) is 17.3 Å². The molecule has 0 unspecified atom stereocenters. The summed E-state index contributed by atoms with van der Waals surface area (Å²) < 4.78 is 55.6. The van der Waals surface area contributed by atoms with Gasteiger partial charge in [0.15, 0.2) is 0 Å². The van der Waals surface area contributed by atoms with Gasteiger partial charge in [0, 0.05) is 5.56 Å². The van der Waals surface area contributed by atoms with Crippen LogP contribution in [0.15, 0.2) is 28.8 Å². The van der Waals surface area contributed by atoms with Gasteiger partial charge in [-0.15, -0.1) is 0 Å². The third kappa shape index (κ3) is 2.18. The number of aryl methyl sites for hydroxylation is 1. The van der Waals surface area contributed by atoms with Gasteiger partial charge in [-0.2, -0.15) is 0 Å². The number of hydrogen-bond acceptors (Lipinski definition) is 2. The van der Waals surface area contributed by atoms with Gasteiger partial charge < -0.3 is 17.5 Å². The number of halogens is 4. The highest BCUT2D eigenvalue weighted by molar-refractivity contribution is 6.75. The Bertz CT molecular complexity index is 532. The molecular formula is C10H7BF4NO-. The van der Waals surface area contributed by atoms with Crippen LogP contribution in [-0.2, 0) is 0 Å². The predicted molar refractivity (Wildman–Crippen MR) is 55.3 cm³/mol. The van der Waals surface area contributed by atoms with Crippen LogP contribution in [0.25, 0.3) is 11.3 Å². The normalized spacial score (nSPS) is 11.8. The second kappa shape index (κ2) is 3.90. The van der Waals surface area contributed by atoms with Crippen molar-refractivity contribution >= 4 is 12.4 Å². The summed E-state index contributed by atoms with van der Waals surface area (Å²) in [4.78, 5) is 0. The zero-order valence-electron chi connectivity index (χ0n) is 8.75. The average Bonchev–Trinajstić information content (AvgIpc) is 2.61. The molecule has 0 spiro atoms. The van der Waals surface area contributed by atoms with Gasteiger partial charge in [-0.3, -0.25) is 0 Å². The Balaban J connectivity index is 2.57. The molecule has 0 bridgehead atoms. The van der Waals surface area contributed by atoms with Crippen molar-refractivity contribution in [3.8, 4) is 11.3 Å². The zero-order valence-corrected chi connectivity index (χ0v) is 8.75. The third-order valence-electron chi connectivity index (χ3n) is 2.35. The van der Waals surface area contributed by atoms with Crippen LogP contribution < -0.4 is 5.46 Å². The standard InChI is InChI=1S/C10H7BF4NO/c1-6-9(11(13,14)15)10(16-17-6)7-2-4-8(12)5-3-7/h2-5H,1H3/q-1. The highest BCUT2D eigenvalue weighted by atomic mass is 19.4. The first kappa shape index (κ1) is 11.7. The van der Waals surface area contributed by atoms with Crippen molar-refractivity contribution in [2.45, 2.75) is 6.92 Å². The molecule has 0 fully saturated rings. The minimum absolute atomic E-state index is 0.178. The van der Waals surface area contributed by atoms with Crippen LogP contribution in [0.1, 0.15) is 5.76 Å². The van der Waals surface area contributed by atoms with Crippen LogP contribution in [-0.4, -0.2) is 12.1 Å². The summed E-state index contributed by atoms with van der Waals surface area (Å²) in [7, 11) is 0. The van der Waals surface area contributed by atoms with E-state index in [1.807, 2.05) is 0 Å². The first-order chi connectivity index (χ1) is 7.89. The fraction of sp³-hybridized carbons (Fsp3) is 0.100. The molecule has 1 aromatic carbocycles. The van der Waals surface area contributed by atoms with Crippen molar-refractivity contribution in [1.82, 2.24) is 5.16 Å². The van der Waals surface area contributed by atoms with Crippen molar-refractivity contribution in [3.05, 3.63) is 35.8 Å². The maximum absolute atomic E-state index is 12.8. The van der Waals surface area contributed by atoms with E-state index in [1.165, 1.54) is 19.1 Å². The van der Waals surface area contributed by atoms with E-state index in [0.717, 1.165) is 12.1 Å². The highest BCUT2D eigenvalue weighted by Gasteiger charge is 2.34. The number of hydrogen-bond donors (Lipinski definition) is 0. The van der Waals surface area contributed by atoms with E-state index in [4.69, 9.17) is 0 Å². The average molecular weight is 244 g/mol. The van der Waals surface area contributed by atoms with E-state index < -0.39 is 18.3 Å². The molecule has 0 aliphatic rings. The van der Waals surface area contributed by atoms with Crippen LogP contribution in [0.2, 0.25) is 0 Å². The summed E-state index contributed by atoms with van der Waals surface area (Å²) in [6.45, 7) is -4.01. The summed E-state index contributed by atoms with van der Waals surface area (Å²) in [5, 5.41) is 3.38. The van der Waals surface area contributed by atoms with Gasteiger partial charge in [-0.05, 0) is 36.7 Å². The Morgan fingerprint density at radius 1 is 1.12 bits per heavy atom. The molecule has 7 heteroatoms. The Kier molecular flexibility index (Phi) is 2.69. The van der Waals surface area contributed by atoms with E-state index in [-0.39, 0.29) is 17.0 Å². The molecule has 2 rings (SSSR count). The summed E-state index contributed by atoms with van der Waals surface area (Å²) in [5.41, 5.74) is -0.982. The first-order valence-corrected chi connectivity index (χ1v) is 4.81. The SMILES string of the molecule is Cc1onc(-c2ccc(F)cc2)c1[B-](F)(F)F. The Labute approximate surface area is 94.3 Å². The maximum Gasteiger partial charge on any atom is 0.515 e. The fourth-order valence-electron chi connectivity index (χ4n) is 1.58. The Morgan fingerprint density at radius 2 is 1.71 bits per heavy atom. The Morgan fingerprint density at radius 3 is 2.24 bits per heavy atom. The molecule has 0 aliphatic heterocycles. The van der Waals surface area contributed by atoms with Crippen molar-refractivity contribution in [1.29, 1.82) is 0 Å². The monoisotopic (exact) mass is 244 g/mol. The van der Waals surface area contributed by atoms with Gasteiger partial charge in [0.1, 0.15) is 11.6 Å². The van der Waals surface area contributed by atoms with E-state index in [2.05, 4.69) is 9.68 Å². The number of nitrogens with zero attached hydrogens (tertiary/aromatic N) is 1. The largest absolute Gasteiger partial charge is 0.515 e. The minimum atomic E-state index is -5.21. The summed E-state index contributed by atoms with van der Waals surface area (Å²) in [6.07, 6.45) is 0. The third-order valence-corrected chi connectivity index (χ3v) is 2.35. The molecule has 0 N–H and O–H groups in total. The molecule has 0 atom stereocenters. The first-order valence-electron chi connectivity index (χ1n) is 4.81. The van der Waals surface area contributed by atoms with Gasteiger partial charge in [0.2, 0.25) is 0 Å². The molecular weight excluding hydrogens is 237 g/mol. The topological polar surface area (TPSA) is 26.0 Å². The smallest absolute Gasteiger partial charge is 0.445 e. The predicted octanol–water partition coefficient (Wildman–Crippen LogP) is 2.84. The molecule has 0 saturated carbocycles. The molecule has 0 saturated heterocycles. The van der Waals surface area contributed by atoms with Crippen LogP contribution in [0.4, 0.5) is 17.3 Å². The second-order valence-corrected chi connectivity index (χ2v) is 3.58. The summed E-state index contributed by atoms with van der Waals surface area (Å²) >= 11 is 0. The van der Waals surface area contributed by atoms with Gasteiger partial charge in [0.05, 0.1) is 5.69 Å². The van der Waals surface area contributed by atoms with Gasteiger partial charge in [-0.1, -0.05) is 5.16 Å². The van der Waals surface area contributed by atoms with Gasteiger partial charge >= 0.3 is 6.98 Å². The molecule has 0 radical (unpaired) electrons. The zero-order chi connectivity index (χ0) is 12.6. The maximum atomic E-state index is 12.8. The molecule has 2 aromatic rings. The van der Waals surface area contributed by atoms with Crippen molar-refractivity contribution in [3.63, 3.8) is 0 Å². The Hall–Kier alpha value is -1.79.